The van der Waals surface area contributed by atoms with Crippen molar-refractivity contribution >= 4 is 34.8 Å². The molecular formula is C12H14N4O3S. The van der Waals surface area contributed by atoms with Gasteiger partial charge in [-0.1, -0.05) is 11.8 Å². The van der Waals surface area contributed by atoms with Crippen molar-refractivity contribution in [2.45, 2.75) is 25.0 Å². The van der Waals surface area contributed by atoms with Crippen molar-refractivity contribution in [2.24, 2.45) is 5.73 Å². The Hall–Kier alpha value is -2.09. The van der Waals surface area contributed by atoms with Gasteiger partial charge in [0.25, 0.3) is 0 Å². The van der Waals surface area contributed by atoms with Crippen LogP contribution in [-0.4, -0.2) is 37.3 Å². The molecule has 0 fully saturated rings. The number of aliphatic carboxylic acids is 1. The first-order valence-corrected chi connectivity index (χ1v) is 6.92. The monoisotopic (exact) mass is 294 g/mol. The van der Waals surface area contributed by atoms with Crippen LogP contribution in [0.2, 0.25) is 0 Å². The molecular weight excluding hydrogens is 280 g/mol. The number of carbonyl (C=O) groups is 2. The van der Waals surface area contributed by atoms with Gasteiger partial charge in [-0.2, -0.15) is 0 Å². The number of imidazole rings is 1. The highest BCUT2D eigenvalue weighted by Gasteiger charge is 2.14. The van der Waals surface area contributed by atoms with Crippen LogP contribution in [0, 0.1) is 6.92 Å². The van der Waals surface area contributed by atoms with Crippen LogP contribution in [0.4, 0.5) is 0 Å². The Bertz CT molecular complexity index is 668. The van der Waals surface area contributed by atoms with Crippen molar-refractivity contribution in [2.75, 3.05) is 5.75 Å². The van der Waals surface area contributed by atoms with Crippen LogP contribution >= 0.6 is 11.8 Å². The minimum Gasteiger partial charge on any atom is -0.481 e. The van der Waals surface area contributed by atoms with Crippen molar-refractivity contribution < 1.29 is 14.7 Å². The van der Waals surface area contributed by atoms with Crippen LogP contribution in [0.25, 0.3) is 11.2 Å². The second kappa shape index (κ2) is 5.91. The molecule has 7 nitrogen and oxygen atoms in total. The molecule has 0 radical (unpaired) electrons. The summed E-state index contributed by atoms with van der Waals surface area (Å²) < 4.78 is 1.74. The number of aryl methyl sites for hydroxylation is 2. The van der Waals surface area contributed by atoms with Crippen molar-refractivity contribution in [3.8, 4) is 0 Å². The summed E-state index contributed by atoms with van der Waals surface area (Å²) >= 11 is 1.10. The average molecular weight is 294 g/mol. The third-order valence-corrected chi connectivity index (χ3v) is 3.56. The Labute approximate surface area is 119 Å². The number of carboxylic acid groups (broad SMARTS) is 1. The number of carboxylic acids is 1. The smallest absolute Gasteiger partial charge is 0.313 e. The Morgan fingerprint density at radius 2 is 2.15 bits per heavy atom. The maximum absolute atomic E-state index is 10.9. The number of nitrogens with two attached hydrogens (primary N) is 1. The molecule has 20 heavy (non-hydrogen) atoms. The van der Waals surface area contributed by atoms with Gasteiger partial charge in [-0.05, 0) is 19.1 Å². The number of thioether (sulfide) groups is 1. The lowest BCUT2D eigenvalue weighted by Crippen LogP contribution is -2.14. The number of aromatic nitrogens is 3. The summed E-state index contributed by atoms with van der Waals surface area (Å²) in [5.41, 5.74) is 7.30. The second-order valence-corrected chi connectivity index (χ2v) is 5.18. The van der Waals surface area contributed by atoms with E-state index in [1.165, 1.54) is 0 Å². The predicted molar refractivity (Wildman–Crippen MR) is 74.4 cm³/mol. The Kier molecular flexibility index (Phi) is 4.23. The van der Waals surface area contributed by atoms with Gasteiger partial charge in [-0.3, -0.25) is 9.59 Å². The molecule has 3 N–H and O–H groups in total. The molecule has 0 saturated heterocycles. The molecule has 0 saturated carbocycles. The largest absolute Gasteiger partial charge is 0.481 e. The standard InChI is InChI=1S/C12H14N4O3S/c1-7-2-3-8-11(14-7)16(5-4-9(13)17)12(15-8)20-6-10(18)19/h2-3H,4-6H2,1H3,(H2,13,17)(H,18,19). The van der Waals surface area contributed by atoms with Gasteiger partial charge >= 0.3 is 5.97 Å². The number of fused-ring (bicyclic) bond motifs is 1. The molecule has 0 spiro atoms. The quantitative estimate of drug-likeness (QED) is 0.762. The third-order valence-electron chi connectivity index (χ3n) is 2.60. The topological polar surface area (TPSA) is 111 Å². The summed E-state index contributed by atoms with van der Waals surface area (Å²) in [6.07, 6.45) is 0.154. The van der Waals surface area contributed by atoms with Crippen LogP contribution in [-0.2, 0) is 16.1 Å². The predicted octanol–water partition coefficient (Wildman–Crippen LogP) is 0.792. The fourth-order valence-corrected chi connectivity index (χ4v) is 2.48. The lowest BCUT2D eigenvalue weighted by molar-refractivity contribution is -0.134. The van der Waals surface area contributed by atoms with Gasteiger partial charge < -0.3 is 15.4 Å². The Morgan fingerprint density at radius 3 is 2.80 bits per heavy atom. The summed E-state index contributed by atoms with van der Waals surface area (Å²) in [5.74, 6) is -1.44. The van der Waals surface area contributed by atoms with E-state index >= 15 is 0 Å². The zero-order chi connectivity index (χ0) is 14.7. The second-order valence-electron chi connectivity index (χ2n) is 4.24. The van der Waals surface area contributed by atoms with Gasteiger partial charge in [-0.15, -0.1) is 0 Å². The van der Waals surface area contributed by atoms with Crippen molar-refractivity contribution in [1.29, 1.82) is 0 Å². The number of pyridine rings is 1. The number of nitrogens with zero attached hydrogens (tertiary/aromatic N) is 3. The summed E-state index contributed by atoms with van der Waals surface area (Å²) in [6.45, 7) is 2.19. The fraction of sp³-hybridized carbons (Fsp3) is 0.333. The van der Waals surface area contributed by atoms with E-state index in [1.54, 1.807) is 4.57 Å². The van der Waals surface area contributed by atoms with Crippen molar-refractivity contribution in [1.82, 2.24) is 14.5 Å². The SMILES string of the molecule is Cc1ccc2nc(SCC(=O)O)n(CCC(N)=O)c2n1. The van der Waals surface area contributed by atoms with E-state index in [-0.39, 0.29) is 12.2 Å². The zero-order valence-corrected chi connectivity index (χ0v) is 11.7. The summed E-state index contributed by atoms with van der Waals surface area (Å²) in [6, 6.07) is 3.66. The first-order chi connectivity index (χ1) is 9.47. The summed E-state index contributed by atoms with van der Waals surface area (Å²) in [5, 5.41) is 9.28. The highest BCUT2D eigenvalue weighted by Crippen LogP contribution is 2.23. The highest BCUT2D eigenvalue weighted by molar-refractivity contribution is 7.99. The molecule has 8 heteroatoms. The van der Waals surface area contributed by atoms with Gasteiger partial charge in [-0.25, -0.2) is 9.97 Å². The van der Waals surface area contributed by atoms with Gasteiger partial charge in [0.05, 0.1) is 5.75 Å². The Morgan fingerprint density at radius 1 is 1.40 bits per heavy atom. The molecule has 0 bridgehead atoms. The molecule has 0 aromatic carbocycles. The van der Waals surface area contributed by atoms with E-state index < -0.39 is 11.9 Å². The number of carbonyl (C=O) groups excluding carboxylic acids is 1. The van der Waals surface area contributed by atoms with E-state index in [0.29, 0.717) is 22.9 Å². The molecule has 0 aliphatic carbocycles. The fourth-order valence-electron chi connectivity index (χ4n) is 1.74. The molecule has 2 heterocycles. The van der Waals surface area contributed by atoms with E-state index in [4.69, 9.17) is 10.8 Å². The van der Waals surface area contributed by atoms with Gasteiger partial charge in [0, 0.05) is 18.7 Å². The number of primary amides is 1. The molecule has 0 unspecified atom stereocenters. The zero-order valence-electron chi connectivity index (χ0n) is 10.9. The minimum atomic E-state index is -0.923. The maximum atomic E-state index is 10.9. The van der Waals surface area contributed by atoms with Crippen molar-refractivity contribution in [3.63, 3.8) is 0 Å². The van der Waals surface area contributed by atoms with E-state index in [0.717, 1.165) is 17.5 Å². The molecule has 0 aliphatic rings. The normalized spacial score (nSPS) is 10.8. The van der Waals surface area contributed by atoms with E-state index in [1.807, 2.05) is 19.1 Å². The van der Waals surface area contributed by atoms with Crippen LogP contribution in [0.5, 0.6) is 0 Å². The number of hydrogen-bond donors (Lipinski definition) is 2. The molecule has 1 amide bonds. The number of hydrogen-bond acceptors (Lipinski definition) is 5. The third kappa shape index (κ3) is 3.27. The molecule has 2 rings (SSSR count). The minimum absolute atomic E-state index is 0.0983. The molecule has 0 atom stereocenters. The van der Waals surface area contributed by atoms with Crippen LogP contribution in [0.3, 0.4) is 0 Å². The maximum Gasteiger partial charge on any atom is 0.313 e. The lowest BCUT2D eigenvalue weighted by atomic mass is 10.3. The Balaban J connectivity index is 2.40. The molecule has 2 aromatic rings. The van der Waals surface area contributed by atoms with Crippen LogP contribution in [0.15, 0.2) is 17.3 Å². The average Bonchev–Trinajstić information content (AvgIpc) is 2.71. The van der Waals surface area contributed by atoms with Crippen LogP contribution < -0.4 is 5.73 Å². The van der Waals surface area contributed by atoms with E-state index in [9.17, 15) is 9.59 Å². The number of amides is 1. The first kappa shape index (κ1) is 14.3. The van der Waals surface area contributed by atoms with Crippen molar-refractivity contribution in [3.05, 3.63) is 17.8 Å². The summed E-state index contributed by atoms with van der Waals surface area (Å²) in [7, 11) is 0. The van der Waals surface area contributed by atoms with E-state index in [2.05, 4.69) is 9.97 Å². The van der Waals surface area contributed by atoms with Gasteiger partial charge in [0.15, 0.2) is 10.8 Å². The lowest BCUT2D eigenvalue weighted by Gasteiger charge is -2.06. The van der Waals surface area contributed by atoms with Crippen LogP contribution in [0.1, 0.15) is 12.1 Å². The number of rotatable bonds is 6. The first-order valence-electron chi connectivity index (χ1n) is 5.94. The molecule has 2 aromatic heterocycles. The summed E-state index contributed by atoms with van der Waals surface area (Å²) in [4.78, 5) is 30.4. The highest BCUT2D eigenvalue weighted by atomic mass is 32.2. The van der Waals surface area contributed by atoms with Gasteiger partial charge in [0.2, 0.25) is 5.91 Å². The van der Waals surface area contributed by atoms with Gasteiger partial charge in [0.1, 0.15) is 5.52 Å². The molecule has 0 aliphatic heterocycles. The molecule has 106 valence electrons.